The molecule has 0 bridgehead atoms. The van der Waals surface area contributed by atoms with E-state index in [4.69, 9.17) is 20.8 Å². The molecule has 1 heterocycles. The summed E-state index contributed by atoms with van der Waals surface area (Å²) in [4.78, 5) is 27.3. The Bertz CT molecular complexity index is 1300. The highest BCUT2D eigenvalue weighted by Gasteiger charge is 2.16. The van der Waals surface area contributed by atoms with Crippen LogP contribution in [0.3, 0.4) is 0 Å². The quantitative estimate of drug-likeness (QED) is 0.320. The van der Waals surface area contributed by atoms with Gasteiger partial charge in [0.15, 0.2) is 17.9 Å². The van der Waals surface area contributed by atoms with E-state index in [1.807, 2.05) is 25.1 Å². The molecule has 3 aromatic carbocycles. The highest BCUT2D eigenvalue weighted by Crippen LogP contribution is 2.31. The zero-order valence-electron chi connectivity index (χ0n) is 16.3. The number of nitro benzene ring substituents is 1. The Balaban J connectivity index is 1.51. The summed E-state index contributed by atoms with van der Waals surface area (Å²) in [5.41, 5.74) is 3.19. The van der Waals surface area contributed by atoms with E-state index in [1.54, 1.807) is 24.3 Å². The number of rotatable bonds is 6. The summed E-state index contributed by atoms with van der Waals surface area (Å²) in [6.45, 7) is 1.54. The first-order valence-electron chi connectivity index (χ1n) is 9.24. The van der Waals surface area contributed by atoms with E-state index in [1.165, 1.54) is 18.2 Å². The largest absolute Gasteiger partial charge is 0.477 e. The molecule has 0 radical (unpaired) electrons. The third-order valence-electron chi connectivity index (χ3n) is 4.45. The zero-order chi connectivity index (χ0) is 22.0. The number of aromatic nitrogens is 1. The maximum Gasteiger partial charge on any atom is 0.310 e. The van der Waals surface area contributed by atoms with E-state index >= 15 is 0 Å². The van der Waals surface area contributed by atoms with Crippen LogP contribution >= 0.6 is 11.6 Å². The van der Waals surface area contributed by atoms with Gasteiger partial charge in [0.1, 0.15) is 5.52 Å². The van der Waals surface area contributed by atoms with Gasteiger partial charge in [-0.05, 0) is 48.9 Å². The SMILES string of the molecule is Cc1ccc2nc(-c3ccc(Cl)c(NC(=O)COc4ccccc4[N+](=O)[O-])c3)oc2c1. The molecule has 0 aliphatic heterocycles. The molecule has 0 aliphatic carbocycles. The first-order valence-corrected chi connectivity index (χ1v) is 9.62. The molecule has 1 aromatic heterocycles. The predicted molar refractivity (Wildman–Crippen MR) is 116 cm³/mol. The molecule has 4 rings (SSSR count). The third-order valence-corrected chi connectivity index (χ3v) is 4.78. The molecule has 0 saturated heterocycles. The number of nitrogens with one attached hydrogen (secondary N) is 1. The number of hydrogen-bond donors (Lipinski definition) is 1. The first-order chi connectivity index (χ1) is 14.9. The van der Waals surface area contributed by atoms with Crippen molar-refractivity contribution in [2.24, 2.45) is 0 Å². The molecular weight excluding hydrogens is 422 g/mol. The van der Waals surface area contributed by atoms with Crippen molar-refractivity contribution in [2.45, 2.75) is 6.92 Å². The maximum atomic E-state index is 12.3. The Hall–Kier alpha value is -3.91. The lowest BCUT2D eigenvalue weighted by atomic mass is 10.2. The highest BCUT2D eigenvalue weighted by molar-refractivity contribution is 6.33. The molecule has 0 fully saturated rings. The van der Waals surface area contributed by atoms with Crippen LogP contribution in [-0.4, -0.2) is 22.4 Å². The Labute approximate surface area is 181 Å². The Morgan fingerprint density at radius 2 is 2.00 bits per heavy atom. The number of aryl methyl sites for hydroxylation is 1. The molecule has 0 atom stereocenters. The Kier molecular flexibility index (Phi) is 5.55. The van der Waals surface area contributed by atoms with Crippen molar-refractivity contribution in [2.75, 3.05) is 11.9 Å². The monoisotopic (exact) mass is 437 g/mol. The van der Waals surface area contributed by atoms with Gasteiger partial charge in [-0.15, -0.1) is 0 Å². The van der Waals surface area contributed by atoms with Crippen molar-refractivity contribution in [1.29, 1.82) is 0 Å². The molecule has 0 spiro atoms. The van der Waals surface area contributed by atoms with Crippen LogP contribution in [-0.2, 0) is 4.79 Å². The van der Waals surface area contributed by atoms with Crippen LogP contribution in [0.15, 0.2) is 65.1 Å². The van der Waals surface area contributed by atoms with Crippen LogP contribution < -0.4 is 10.1 Å². The van der Waals surface area contributed by atoms with Crippen LogP contribution in [0.1, 0.15) is 5.56 Å². The second-order valence-corrected chi connectivity index (χ2v) is 7.15. The fourth-order valence-electron chi connectivity index (χ4n) is 2.97. The molecule has 156 valence electrons. The van der Waals surface area contributed by atoms with Gasteiger partial charge in [0.05, 0.1) is 15.6 Å². The smallest absolute Gasteiger partial charge is 0.310 e. The number of nitrogens with zero attached hydrogens (tertiary/aromatic N) is 2. The van der Waals surface area contributed by atoms with Crippen LogP contribution in [0.5, 0.6) is 5.75 Å². The van der Waals surface area contributed by atoms with E-state index < -0.39 is 17.4 Å². The Morgan fingerprint density at radius 1 is 1.19 bits per heavy atom. The lowest BCUT2D eigenvalue weighted by Gasteiger charge is -2.10. The molecule has 1 amide bonds. The fourth-order valence-corrected chi connectivity index (χ4v) is 3.13. The summed E-state index contributed by atoms with van der Waals surface area (Å²) < 4.78 is 11.1. The zero-order valence-corrected chi connectivity index (χ0v) is 17.1. The number of nitro groups is 1. The van der Waals surface area contributed by atoms with Crippen LogP contribution in [0.2, 0.25) is 5.02 Å². The number of fused-ring (bicyclic) bond motifs is 1. The Morgan fingerprint density at radius 3 is 2.81 bits per heavy atom. The lowest BCUT2D eigenvalue weighted by molar-refractivity contribution is -0.385. The normalized spacial score (nSPS) is 10.8. The van der Waals surface area contributed by atoms with E-state index in [-0.39, 0.29) is 11.4 Å². The number of benzene rings is 3. The van der Waals surface area contributed by atoms with Crippen molar-refractivity contribution in [3.8, 4) is 17.2 Å². The molecule has 0 saturated carbocycles. The highest BCUT2D eigenvalue weighted by atomic mass is 35.5. The molecule has 0 unspecified atom stereocenters. The minimum Gasteiger partial charge on any atom is -0.477 e. The summed E-state index contributed by atoms with van der Waals surface area (Å²) in [5.74, 6) is -0.126. The molecule has 8 nitrogen and oxygen atoms in total. The van der Waals surface area contributed by atoms with Crippen LogP contribution in [0, 0.1) is 17.0 Å². The van der Waals surface area contributed by atoms with Gasteiger partial charge in [-0.3, -0.25) is 14.9 Å². The fraction of sp³-hybridized carbons (Fsp3) is 0.0909. The maximum absolute atomic E-state index is 12.3. The van der Waals surface area contributed by atoms with Gasteiger partial charge >= 0.3 is 5.69 Å². The minimum atomic E-state index is -0.574. The molecule has 31 heavy (non-hydrogen) atoms. The van der Waals surface area contributed by atoms with Crippen molar-refractivity contribution in [1.82, 2.24) is 4.98 Å². The lowest BCUT2D eigenvalue weighted by Crippen LogP contribution is -2.20. The van der Waals surface area contributed by atoms with E-state index in [9.17, 15) is 14.9 Å². The number of halogens is 1. The van der Waals surface area contributed by atoms with Crippen molar-refractivity contribution in [3.05, 3.63) is 81.4 Å². The average Bonchev–Trinajstić information content (AvgIpc) is 3.17. The summed E-state index contributed by atoms with van der Waals surface area (Å²) in [5, 5.41) is 14.0. The first kappa shape index (κ1) is 20.4. The third kappa shape index (κ3) is 4.49. The van der Waals surface area contributed by atoms with Gasteiger partial charge in [0.25, 0.3) is 5.91 Å². The van der Waals surface area contributed by atoms with E-state index in [0.717, 1.165) is 11.1 Å². The molecule has 1 N–H and O–H groups in total. The van der Waals surface area contributed by atoms with Crippen molar-refractivity contribution in [3.63, 3.8) is 0 Å². The predicted octanol–water partition coefficient (Wildman–Crippen LogP) is 5.38. The minimum absolute atomic E-state index is 0.00395. The number of carbonyl (C=O) groups is 1. The number of amides is 1. The number of oxazole rings is 1. The second kappa shape index (κ2) is 8.45. The van der Waals surface area contributed by atoms with Gasteiger partial charge < -0.3 is 14.5 Å². The number of carbonyl (C=O) groups excluding carboxylic acids is 1. The number of anilines is 1. The summed E-state index contributed by atoms with van der Waals surface area (Å²) >= 11 is 6.22. The van der Waals surface area contributed by atoms with Gasteiger partial charge in [0.2, 0.25) is 5.89 Å². The van der Waals surface area contributed by atoms with Crippen molar-refractivity contribution >= 4 is 40.0 Å². The number of para-hydroxylation sites is 2. The van der Waals surface area contributed by atoms with Gasteiger partial charge in [0, 0.05) is 11.6 Å². The summed E-state index contributed by atoms with van der Waals surface area (Å²) in [7, 11) is 0. The second-order valence-electron chi connectivity index (χ2n) is 6.75. The van der Waals surface area contributed by atoms with Gasteiger partial charge in [-0.1, -0.05) is 29.8 Å². The topological polar surface area (TPSA) is 108 Å². The molecular formula is C22H16ClN3O5. The van der Waals surface area contributed by atoms with E-state index in [0.29, 0.717) is 27.7 Å². The van der Waals surface area contributed by atoms with Gasteiger partial charge in [-0.2, -0.15) is 0 Å². The summed E-state index contributed by atoms with van der Waals surface area (Å²) in [6.07, 6.45) is 0. The molecule has 4 aromatic rings. The molecule has 0 aliphatic rings. The van der Waals surface area contributed by atoms with Crippen LogP contribution in [0.4, 0.5) is 11.4 Å². The van der Waals surface area contributed by atoms with Gasteiger partial charge in [-0.25, -0.2) is 4.98 Å². The van der Waals surface area contributed by atoms with Crippen LogP contribution in [0.25, 0.3) is 22.6 Å². The molecule has 9 heteroatoms. The standard InChI is InChI=1S/C22H16ClN3O5/c1-13-6-9-16-20(10-13)31-22(25-16)14-7-8-15(23)17(11-14)24-21(27)12-30-19-5-3-2-4-18(19)26(28)29/h2-11H,12H2,1H3,(H,24,27). The average molecular weight is 438 g/mol. The summed E-state index contributed by atoms with van der Waals surface area (Å²) in [6, 6.07) is 16.5. The number of hydrogen-bond acceptors (Lipinski definition) is 6. The van der Waals surface area contributed by atoms with E-state index in [2.05, 4.69) is 10.3 Å². The number of ether oxygens (including phenoxy) is 1. The van der Waals surface area contributed by atoms with Crippen molar-refractivity contribution < 1.29 is 18.9 Å².